The average molecular weight is 374 g/mol. The van der Waals surface area contributed by atoms with E-state index in [1.165, 1.54) is 69.9 Å². The molecule has 1 saturated heterocycles. The first-order valence-electron chi connectivity index (χ1n) is 11.3. The highest BCUT2D eigenvalue weighted by Crippen LogP contribution is 2.32. The SMILES string of the molecule is CCCCCCCCCC(=O)Oc1cccc(C2CCCCN2CCC)c1. The molecular weight excluding hydrogens is 334 g/mol. The molecule has 0 saturated carbocycles. The standard InChI is InChI=1S/C24H39NO2/c1-3-5-6-7-8-9-10-17-24(26)27-22-15-13-14-21(20-22)23-16-11-12-19-25(23)18-4-2/h13-15,20,23H,3-12,16-19H2,1-2H3. The van der Waals surface area contributed by atoms with E-state index in [4.69, 9.17) is 4.74 Å². The maximum absolute atomic E-state index is 12.2. The van der Waals surface area contributed by atoms with Gasteiger partial charge in [0.25, 0.3) is 0 Å². The first kappa shape index (κ1) is 21.9. The molecule has 0 spiro atoms. The molecule has 1 aliphatic rings. The normalized spacial score (nSPS) is 17.8. The lowest BCUT2D eigenvalue weighted by molar-refractivity contribution is -0.134. The van der Waals surface area contributed by atoms with Crippen molar-refractivity contribution in [3.8, 4) is 5.75 Å². The number of hydrogen-bond acceptors (Lipinski definition) is 3. The number of benzene rings is 1. The molecule has 0 amide bonds. The van der Waals surface area contributed by atoms with Crippen LogP contribution in [0.5, 0.6) is 5.75 Å². The van der Waals surface area contributed by atoms with Crippen molar-refractivity contribution in [3.05, 3.63) is 29.8 Å². The Kier molecular flexibility index (Phi) is 10.5. The van der Waals surface area contributed by atoms with Gasteiger partial charge in [-0.2, -0.15) is 0 Å². The molecule has 1 heterocycles. The third-order valence-electron chi connectivity index (χ3n) is 5.58. The Labute approximate surface area is 166 Å². The number of ether oxygens (including phenoxy) is 1. The van der Waals surface area contributed by atoms with Gasteiger partial charge in [0.05, 0.1) is 0 Å². The van der Waals surface area contributed by atoms with Crippen molar-refractivity contribution < 1.29 is 9.53 Å². The Morgan fingerprint density at radius 3 is 2.59 bits per heavy atom. The maximum atomic E-state index is 12.2. The molecule has 0 aliphatic carbocycles. The predicted octanol–water partition coefficient (Wildman–Crippen LogP) is 6.67. The van der Waals surface area contributed by atoms with E-state index in [0.717, 1.165) is 19.4 Å². The lowest BCUT2D eigenvalue weighted by Gasteiger charge is -2.36. The van der Waals surface area contributed by atoms with E-state index in [1.54, 1.807) is 0 Å². The van der Waals surface area contributed by atoms with Crippen LogP contribution < -0.4 is 4.74 Å². The average Bonchev–Trinajstić information content (AvgIpc) is 2.68. The Bertz CT molecular complexity index is 541. The van der Waals surface area contributed by atoms with Crippen LogP contribution in [0.4, 0.5) is 0 Å². The molecule has 0 bridgehead atoms. The molecule has 2 rings (SSSR count). The van der Waals surface area contributed by atoms with Crippen LogP contribution in [-0.2, 0) is 4.79 Å². The van der Waals surface area contributed by atoms with Crippen molar-refractivity contribution in [3.63, 3.8) is 0 Å². The van der Waals surface area contributed by atoms with Gasteiger partial charge in [-0.3, -0.25) is 9.69 Å². The zero-order valence-corrected chi connectivity index (χ0v) is 17.5. The van der Waals surface area contributed by atoms with Crippen LogP contribution in [0.1, 0.15) is 103 Å². The fourth-order valence-corrected chi connectivity index (χ4v) is 4.12. The van der Waals surface area contributed by atoms with Gasteiger partial charge in [-0.15, -0.1) is 0 Å². The quantitative estimate of drug-likeness (QED) is 0.233. The van der Waals surface area contributed by atoms with Gasteiger partial charge in [-0.05, 0) is 56.5 Å². The second-order valence-corrected chi connectivity index (χ2v) is 7.97. The monoisotopic (exact) mass is 373 g/mol. The fourth-order valence-electron chi connectivity index (χ4n) is 4.12. The number of carbonyl (C=O) groups excluding carboxylic acids is 1. The van der Waals surface area contributed by atoms with E-state index in [2.05, 4.69) is 30.9 Å². The molecule has 1 aliphatic heterocycles. The number of carbonyl (C=O) groups is 1. The molecule has 3 nitrogen and oxygen atoms in total. The Balaban J connectivity index is 1.78. The summed E-state index contributed by atoms with van der Waals surface area (Å²) in [7, 11) is 0. The van der Waals surface area contributed by atoms with Crippen molar-refractivity contribution in [1.82, 2.24) is 4.90 Å². The van der Waals surface area contributed by atoms with Crippen molar-refractivity contribution in [1.29, 1.82) is 0 Å². The van der Waals surface area contributed by atoms with Gasteiger partial charge in [0, 0.05) is 12.5 Å². The van der Waals surface area contributed by atoms with Crippen molar-refractivity contribution in [2.75, 3.05) is 13.1 Å². The number of piperidine rings is 1. The maximum Gasteiger partial charge on any atom is 0.311 e. The van der Waals surface area contributed by atoms with Gasteiger partial charge in [0.1, 0.15) is 5.75 Å². The molecular formula is C24H39NO2. The molecule has 1 unspecified atom stereocenters. The summed E-state index contributed by atoms with van der Waals surface area (Å²) < 4.78 is 5.63. The van der Waals surface area contributed by atoms with Crippen LogP contribution in [0.2, 0.25) is 0 Å². The first-order chi connectivity index (χ1) is 13.2. The summed E-state index contributed by atoms with van der Waals surface area (Å²) in [6.07, 6.45) is 14.0. The van der Waals surface area contributed by atoms with Gasteiger partial charge < -0.3 is 4.74 Å². The van der Waals surface area contributed by atoms with Crippen LogP contribution in [-0.4, -0.2) is 24.0 Å². The fraction of sp³-hybridized carbons (Fsp3) is 0.708. The summed E-state index contributed by atoms with van der Waals surface area (Å²) in [6, 6.07) is 8.69. The third kappa shape index (κ3) is 8.04. The molecule has 1 fully saturated rings. The van der Waals surface area contributed by atoms with E-state index in [9.17, 15) is 4.79 Å². The van der Waals surface area contributed by atoms with Gasteiger partial charge in [0.15, 0.2) is 0 Å². The van der Waals surface area contributed by atoms with E-state index < -0.39 is 0 Å². The minimum atomic E-state index is -0.0882. The smallest absolute Gasteiger partial charge is 0.311 e. The van der Waals surface area contributed by atoms with Gasteiger partial charge in [-0.1, -0.05) is 70.9 Å². The number of hydrogen-bond donors (Lipinski definition) is 0. The van der Waals surface area contributed by atoms with E-state index in [1.807, 2.05) is 12.1 Å². The van der Waals surface area contributed by atoms with Crippen molar-refractivity contribution >= 4 is 5.97 Å². The minimum absolute atomic E-state index is 0.0882. The van der Waals surface area contributed by atoms with Crippen molar-refractivity contribution in [2.45, 2.75) is 96.9 Å². The first-order valence-corrected chi connectivity index (χ1v) is 11.3. The molecule has 1 aromatic rings. The van der Waals surface area contributed by atoms with Crippen LogP contribution >= 0.6 is 0 Å². The van der Waals surface area contributed by atoms with Crippen molar-refractivity contribution in [2.24, 2.45) is 0 Å². The molecule has 27 heavy (non-hydrogen) atoms. The lowest BCUT2D eigenvalue weighted by atomic mass is 9.95. The molecule has 0 radical (unpaired) electrons. The van der Waals surface area contributed by atoms with Gasteiger partial charge in [-0.25, -0.2) is 0 Å². The summed E-state index contributed by atoms with van der Waals surface area (Å²) in [6.45, 7) is 6.81. The highest BCUT2D eigenvalue weighted by molar-refractivity contribution is 5.72. The number of likely N-dealkylation sites (tertiary alicyclic amines) is 1. The second kappa shape index (κ2) is 12.9. The number of unbranched alkanes of at least 4 members (excludes halogenated alkanes) is 6. The summed E-state index contributed by atoms with van der Waals surface area (Å²) >= 11 is 0. The third-order valence-corrected chi connectivity index (χ3v) is 5.58. The molecule has 1 atom stereocenters. The Morgan fingerprint density at radius 2 is 1.81 bits per heavy atom. The minimum Gasteiger partial charge on any atom is -0.427 e. The highest BCUT2D eigenvalue weighted by Gasteiger charge is 2.23. The number of nitrogens with zero attached hydrogens (tertiary/aromatic N) is 1. The summed E-state index contributed by atoms with van der Waals surface area (Å²) in [4.78, 5) is 14.8. The Hall–Kier alpha value is -1.35. The van der Waals surface area contributed by atoms with Crippen LogP contribution in [0.3, 0.4) is 0 Å². The lowest BCUT2D eigenvalue weighted by Crippen LogP contribution is -2.33. The number of rotatable bonds is 12. The van der Waals surface area contributed by atoms with Crippen LogP contribution in [0.15, 0.2) is 24.3 Å². The van der Waals surface area contributed by atoms with Crippen LogP contribution in [0.25, 0.3) is 0 Å². The van der Waals surface area contributed by atoms with E-state index in [-0.39, 0.29) is 5.97 Å². The molecule has 1 aromatic carbocycles. The molecule has 0 N–H and O–H groups in total. The molecule has 3 heteroatoms. The second-order valence-electron chi connectivity index (χ2n) is 7.97. The summed E-state index contributed by atoms with van der Waals surface area (Å²) in [5.74, 6) is 0.622. The highest BCUT2D eigenvalue weighted by atomic mass is 16.5. The topological polar surface area (TPSA) is 29.5 Å². The molecule has 0 aromatic heterocycles. The summed E-state index contributed by atoms with van der Waals surface area (Å²) in [5, 5.41) is 0. The predicted molar refractivity (Wildman–Crippen MR) is 113 cm³/mol. The van der Waals surface area contributed by atoms with Gasteiger partial charge >= 0.3 is 5.97 Å². The molecule has 152 valence electrons. The van der Waals surface area contributed by atoms with E-state index >= 15 is 0 Å². The summed E-state index contributed by atoms with van der Waals surface area (Å²) in [5.41, 5.74) is 1.30. The van der Waals surface area contributed by atoms with Crippen LogP contribution in [0, 0.1) is 0 Å². The zero-order chi connectivity index (χ0) is 19.3. The Morgan fingerprint density at radius 1 is 1.04 bits per heavy atom. The zero-order valence-electron chi connectivity index (χ0n) is 17.5. The number of esters is 1. The van der Waals surface area contributed by atoms with Gasteiger partial charge in [0.2, 0.25) is 0 Å². The van der Waals surface area contributed by atoms with E-state index in [0.29, 0.717) is 18.2 Å². The largest absolute Gasteiger partial charge is 0.427 e.